The van der Waals surface area contributed by atoms with Crippen LogP contribution in [0.25, 0.3) is 16.8 Å². The number of amides is 1. The fraction of sp³-hybridized carbons (Fsp3) is 0.410. The molecule has 0 unspecified atom stereocenters. The normalized spacial score (nSPS) is 18.8. The molecule has 1 aliphatic carbocycles. The van der Waals surface area contributed by atoms with Crippen LogP contribution < -0.4 is 5.73 Å². The molecule has 304 valence electrons. The predicted octanol–water partition coefficient (Wildman–Crippen LogP) is 7.97. The van der Waals surface area contributed by atoms with Gasteiger partial charge in [0.25, 0.3) is 18.3 Å². The summed E-state index contributed by atoms with van der Waals surface area (Å²) in [6.45, 7) is 5.62. The molecule has 2 aliphatic rings. The highest BCUT2D eigenvalue weighted by Gasteiger charge is 2.60. The number of hydrogen-bond acceptors (Lipinski definition) is 9. The first-order chi connectivity index (χ1) is 26.5. The third kappa shape index (κ3) is 8.26. The maximum absolute atomic E-state index is 16.1. The van der Waals surface area contributed by atoms with Crippen molar-refractivity contribution in [2.45, 2.75) is 82.2 Å². The Balaban J connectivity index is 1.42. The zero-order valence-corrected chi connectivity index (χ0v) is 33.1. The van der Waals surface area contributed by atoms with Crippen LogP contribution in [0.2, 0.25) is 5.02 Å². The highest BCUT2D eigenvalue weighted by atomic mass is 35.5. The van der Waals surface area contributed by atoms with Gasteiger partial charge in [-0.2, -0.15) is 5.10 Å². The van der Waals surface area contributed by atoms with Gasteiger partial charge in [-0.15, -0.1) is 0 Å². The van der Waals surface area contributed by atoms with Gasteiger partial charge in [0, 0.05) is 17.2 Å². The number of aromatic nitrogens is 3. The lowest BCUT2D eigenvalue weighted by Crippen LogP contribution is -2.47. The van der Waals surface area contributed by atoms with E-state index in [1.807, 2.05) is 20.8 Å². The summed E-state index contributed by atoms with van der Waals surface area (Å²) in [7, 11) is -3.51. The molecule has 2 atom stereocenters. The van der Waals surface area contributed by atoms with Crippen LogP contribution >= 0.6 is 11.6 Å². The van der Waals surface area contributed by atoms with Crippen LogP contribution in [-0.4, -0.2) is 64.7 Å². The van der Waals surface area contributed by atoms with Crippen LogP contribution in [0.4, 0.5) is 22.0 Å². The zero-order chi connectivity index (χ0) is 41.9. The van der Waals surface area contributed by atoms with Crippen LogP contribution in [0.3, 0.4) is 0 Å². The molecule has 57 heavy (non-hydrogen) atoms. The van der Waals surface area contributed by atoms with Crippen molar-refractivity contribution >= 4 is 39.3 Å². The second-order valence-corrected chi connectivity index (χ2v) is 18.2. The molecule has 2 N–H and O–H groups in total. The molecule has 0 bridgehead atoms. The van der Waals surface area contributed by atoms with E-state index in [-0.39, 0.29) is 57.5 Å². The molecular weight excluding hydrogens is 795 g/mol. The fourth-order valence-electron chi connectivity index (χ4n) is 7.19. The minimum atomic E-state index is -3.51. The van der Waals surface area contributed by atoms with Gasteiger partial charge in [0.1, 0.15) is 18.8 Å². The van der Waals surface area contributed by atoms with E-state index in [9.17, 15) is 30.8 Å². The number of nitrogens with two attached hydrogens (primary N) is 1. The molecule has 18 heteroatoms. The first-order valence-corrected chi connectivity index (χ1v) is 20.0. The number of carbonyl (C=O) groups excluding carboxylic acids is 2. The molecule has 0 saturated heterocycles. The minimum absolute atomic E-state index is 0.00105. The van der Waals surface area contributed by atoms with Crippen LogP contribution in [0.5, 0.6) is 0 Å². The summed E-state index contributed by atoms with van der Waals surface area (Å²) in [5.41, 5.74) is 3.24. The largest absolute Gasteiger partial charge is 0.463 e. The number of aliphatic imine (C=N–C) groups is 1. The van der Waals surface area contributed by atoms with Gasteiger partial charge in [0.2, 0.25) is 0 Å². The molecule has 2 heterocycles. The number of benzene rings is 3. The van der Waals surface area contributed by atoms with E-state index in [1.54, 1.807) is 0 Å². The molecule has 1 saturated carbocycles. The lowest BCUT2D eigenvalue weighted by molar-refractivity contribution is -0.153. The second kappa shape index (κ2) is 14.8. The van der Waals surface area contributed by atoms with E-state index in [4.69, 9.17) is 22.1 Å². The maximum atomic E-state index is 16.1. The number of alkyl halides is 4. The smallest absolute Gasteiger partial charge is 0.306 e. The SMILES string of the molecule is CC(C)(C)C[C@]1(c2ccc(-c3ccc(S(C)(=O)=O)cc3)c(F)c2)N=C(N)N([C@H](COC(=O)CC2(C(C)(F)F)CC2)c2ccc(Cl)c(-n3ncnc3C(F)F)c2)C1=O. The van der Waals surface area contributed by atoms with Gasteiger partial charge in [-0.25, -0.2) is 45.0 Å². The lowest BCUT2D eigenvalue weighted by atomic mass is 9.75. The van der Waals surface area contributed by atoms with E-state index in [2.05, 4.69) is 15.1 Å². The Morgan fingerprint density at radius 2 is 1.70 bits per heavy atom. The molecule has 1 aliphatic heterocycles. The Bertz CT molecular complexity index is 2360. The number of nitrogens with zero attached hydrogens (tertiary/aromatic N) is 5. The number of rotatable bonds is 13. The number of esters is 1. The quantitative estimate of drug-likeness (QED) is 0.105. The van der Waals surface area contributed by atoms with Crippen molar-refractivity contribution in [1.82, 2.24) is 19.7 Å². The summed E-state index contributed by atoms with van der Waals surface area (Å²) in [5.74, 6) is -6.69. The summed E-state index contributed by atoms with van der Waals surface area (Å²) in [6, 6.07) is 12.5. The van der Waals surface area contributed by atoms with Crippen molar-refractivity contribution < 1.29 is 44.7 Å². The van der Waals surface area contributed by atoms with Crippen LogP contribution in [0.15, 0.2) is 76.9 Å². The van der Waals surface area contributed by atoms with E-state index < -0.39 is 81.1 Å². The Morgan fingerprint density at radius 1 is 1.04 bits per heavy atom. The number of guanidine groups is 1. The van der Waals surface area contributed by atoms with Gasteiger partial charge in [-0.05, 0) is 78.6 Å². The molecule has 1 amide bonds. The van der Waals surface area contributed by atoms with E-state index in [0.29, 0.717) is 5.56 Å². The Kier molecular flexibility index (Phi) is 10.8. The Morgan fingerprint density at radius 3 is 2.26 bits per heavy atom. The van der Waals surface area contributed by atoms with Gasteiger partial charge in [0.15, 0.2) is 27.2 Å². The maximum Gasteiger partial charge on any atom is 0.306 e. The zero-order valence-electron chi connectivity index (χ0n) is 31.6. The van der Waals surface area contributed by atoms with E-state index in [0.717, 1.165) is 35.2 Å². The molecule has 1 aromatic heterocycles. The number of halogens is 6. The molecule has 1 fully saturated rings. The van der Waals surface area contributed by atoms with E-state index in [1.165, 1.54) is 54.6 Å². The first kappa shape index (κ1) is 41.7. The second-order valence-electron chi connectivity index (χ2n) is 15.8. The molecule has 3 aromatic carbocycles. The Labute approximate surface area is 331 Å². The predicted molar refractivity (Wildman–Crippen MR) is 201 cm³/mol. The Hall–Kier alpha value is -4.90. The molecule has 11 nitrogen and oxygen atoms in total. The van der Waals surface area contributed by atoms with Gasteiger partial charge in [-0.3, -0.25) is 14.5 Å². The summed E-state index contributed by atoms with van der Waals surface area (Å²) >= 11 is 6.45. The minimum Gasteiger partial charge on any atom is -0.463 e. The molecular formula is C39H40ClF5N6O5S. The molecule has 0 spiro atoms. The number of carbonyl (C=O) groups is 2. The third-order valence-corrected chi connectivity index (χ3v) is 11.7. The van der Waals surface area contributed by atoms with Gasteiger partial charge in [0.05, 0.1) is 28.1 Å². The molecule has 6 rings (SSSR count). The number of hydrogen-bond donors (Lipinski definition) is 1. The van der Waals surface area contributed by atoms with Crippen molar-refractivity contribution in [2.24, 2.45) is 21.6 Å². The average molecular weight is 835 g/mol. The van der Waals surface area contributed by atoms with E-state index >= 15 is 9.18 Å². The van der Waals surface area contributed by atoms with Crippen LogP contribution in [-0.2, 0) is 29.7 Å². The monoisotopic (exact) mass is 834 g/mol. The number of sulfone groups is 1. The van der Waals surface area contributed by atoms with Gasteiger partial charge < -0.3 is 10.5 Å². The van der Waals surface area contributed by atoms with Crippen molar-refractivity contribution in [3.8, 4) is 16.8 Å². The van der Waals surface area contributed by atoms with Crippen LogP contribution in [0.1, 0.15) is 82.8 Å². The van der Waals surface area contributed by atoms with Crippen molar-refractivity contribution in [2.75, 3.05) is 12.9 Å². The molecule has 0 radical (unpaired) electrons. The highest BCUT2D eigenvalue weighted by molar-refractivity contribution is 7.90. The van der Waals surface area contributed by atoms with Crippen molar-refractivity contribution in [3.63, 3.8) is 0 Å². The van der Waals surface area contributed by atoms with Gasteiger partial charge >= 0.3 is 5.97 Å². The number of ether oxygens (including phenoxy) is 1. The topological polar surface area (TPSA) is 150 Å². The first-order valence-electron chi connectivity index (χ1n) is 17.8. The summed E-state index contributed by atoms with van der Waals surface area (Å²) in [4.78, 5) is 37.6. The lowest BCUT2D eigenvalue weighted by Gasteiger charge is -2.35. The summed E-state index contributed by atoms with van der Waals surface area (Å²) in [6.07, 6.45) is -1.46. The third-order valence-electron chi connectivity index (χ3n) is 10.3. The fourth-order valence-corrected chi connectivity index (χ4v) is 8.02. The summed E-state index contributed by atoms with van der Waals surface area (Å²) in [5, 5.41) is 3.86. The standard InChI is InChI=1S/C39H40ClF5N6O5S/c1-36(2,3)20-39(24-9-12-26(28(41)17-24)22-6-10-25(11-7-22)57(5,54)55)34(53)50(35(46)49-39)30(19-56-31(52)18-38(14-15-38)37(4,44)45)23-8-13-27(40)29(16-23)51-33(32(42)43)47-21-48-51/h6-13,16-17,21,30,32H,14-15,18-20H2,1-5H3,(H2,46,49)/t30-,39-/m1/s1. The highest BCUT2D eigenvalue weighted by Crippen LogP contribution is 2.59. The van der Waals surface area contributed by atoms with Gasteiger partial charge in [-0.1, -0.05) is 62.7 Å². The van der Waals surface area contributed by atoms with Crippen LogP contribution in [0, 0.1) is 16.6 Å². The van der Waals surface area contributed by atoms with Crippen molar-refractivity contribution in [1.29, 1.82) is 0 Å². The van der Waals surface area contributed by atoms with Crippen molar-refractivity contribution in [3.05, 3.63) is 94.8 Å². The average Bonchev–Trinajstić information content (AvgIpc) is 3.66. The molecule has 4 aromatic rings. The summed E-state index contributed by atoms with van der Waals surface area (Å²) < 4.78 is 103.